The molecular weight excluding hydrogens is 165 g/mol. The van der Waals surface area contributed by atoms with E-state index in [1.807, 2.05) is 18.3 Å². The van der Waals surface area contributed by atoms with Gasteiger partial charge in [-0.25, -0.2) is 4.39 Å². The van der Waals surface area contributed by atoms with E-state index in [0.29, 0.717) is 5.92 Å². The lowest BCUT2D eigenvalue weighted by atomic mass is 9.94. The molecule has 1 aliphatic heterocycles. The first-order valence-corrected chi connectivity index (χ1v) is 4.52. The van der Waals surface area contributed by atoms with Gasteiger partial charge in [-0.15, -0.1) is 0 Å². The van der Waals surface area contributed by atoms with Gasteiger partial charge in [0.15, 0.2) is 0 Å². The van der Waals surface area contributed by atoms with E-state index in [-0.39, 0.29) is 5.82 Å². The van der Waals surface area contributed by atoms with Crippen LogP contribution in [0, 0.1) is 5.82 Å². The monoisotopic (exact) mass is 177 g/mol. The summed E-state index contributed by atoms with van der Waals surface area (Å²) in [7, 11) is 0. The van der Waals surface area contributed by atoms with Crippen molar-refractivity contribution in [1.82, 2.24) is 5.32 Å². The summed E-state index contributed by atoms with van der Waals surface area (Å²) in [6.45, 7) is 0.999. The Morgan fingerprint density at radius 1 is 1.23 bits per heavy atom. The molecule has 68 valence electrons. The van der Waals surface area contributed by atoms with E-state index >= 15 is 0 Å². The molecule has 2 rings (SSSR count). The molecule has 1 N–H and O–H groups in total. The predicted molar refractivity (Wildman–Crippen MR) is 50.9 cm³/mol. The fraction of sp³-hybridized carbons (Fsp3) is 0.273. The Balaban J connectivity index is 2.19. The lowest BCUT2D eigenvalue weighted by Gasteiger charge is -2.17. The first-order chi connectivity index (χ1) is 6.36. The highest BCUT2D eigenvalue weighted by Crippen LogP contribution is 2.22. The van der Waals surface area contributed by atoms with Gasteiger partial charge in [0.2, 0.25) is 0 Å². The Hall–Kier alpha value is -1.31. The standard InChI is InChI=1S/C11H12FN/c12-11-3-1-9(2-4-11)10-5-7-13-8-6-10/h1-5,7,10,13H,6,8H2. The molecule has 1 heterocycles. The predicted octanol–water partition coefficient (Wildman–Crippen LogP) is 2.42. The minimum atomic E-state index is -0.165. The van der Waals surface area contributed by atoms with Crippen molar-refractivity contribution in [1.29, 1.82) is 0 Å². The summed E-state index contributed by atoms with van der Waals surface area (Å²) in [5, 5.41) is 3.14. The zero-order chi connectivity index (χ0) is 9.10. The minimum absolute atomic E-state index is 0.165. The molecule has 13 heavy (non-hydrogen) atoms. The van der Waals surface area contributed by atoms with Crippen LogP contribution in [0.4, 0.5) is 4.39 Å². The maximum Gasteiger partial charge on any atom is 0.123 e. The van der Waals surface area contributed by atoms with Gasteiger partial charge in [0, 0.05) is 12.5 Å². The van der Waals surface area contributed by atoms with E-state index in [2.05, 4.69) is 11.4 Å². The zero-order valence-corrected chi connectivity index (χ0v) is 7.33. The minimum Gasteiger partial charge on any atom is -0.391 e. The van der Waals surface area contributed by atoms with Crippen molar-refractivity contribution in [3.8, 4) is 0 Å². The van der Waals surface area contributed by atoms with Gasteiger partial charge < -0.3 is 5.32 Å². The number of hydrogen-bond donors (Lipinski definition) is 1. The van der Waals surface area contributed by atoms with E-state index in [1.165, 1.54) is 17.7 Å². The van der Waals surface area contributed by atoms with Crippen LogP contribution in [0.15, 0.2) is 36.5 Å². The Labute approximate surface area is 77.3 Å². The van der Waals surface area contributed by atoms with E-state index in [1.54, 1.807) is 0 Å². The van der Waals surface area contributed by atoms with Crippen molar-refractivity contribution in [2.45, 2.75) is 12.3 Å². The van der Waals surface area contributed by atoms with Crippen LogP contribution in [0.25, 0.3) is 0 Å². The molecule has 0 amide bonds. The molecule has 1 aliphatic rings. The molecule has 0 saturated carbocycles. The van der Waals surface area contributed by atoms with Crippen LogP contribution in [-0.2, 0) is 0 Å². The van der Waals surface area contributed by atoms with Crippen LogP contribution >= 0.6 is 0 Å². The van der Waals surface area contributed by atoms with E-state index < -0.39 is 0 Å². The normalized spacial score (nSPS) is 21.2. The van der Waals surface area contributed by atoms with Gasteiger partial charge in [0.1, 0.15) is 5.82 Å². The highest BCUT2D eigenvalue weighted by molar-refractivity contribution is 5.25. The molecule has 0 spiro atoms. The first-order valence-electron chi connectivity index (χ1n) is 4.52. The van der Waals surface area contributed by atoms with Gasteiger partial charge in [-0.05, 0) is 30.3 Å². The van der Waals surface area contributed by atoms with Gasteiger partial charge >= 0.3 is 0 Å². The number of hydrogen-bond acceptors (Lipinski definition) is 1. The van der Waals surface area contributed by atoms with Crippen molar-refractivity contribution in [3.63, 3.8) is 0 Å². The number of allylic oxidation sites excluding steroid dienone is 1. The highest BCUT2D eigenvalue weighted by Gasteiger charge is 2.09. The zero-order valence-electron chi connectivity index (χ0n) is 7.33. The molecule has 1 atom stereocenters. The van der Waals surface area contributed by atoms with Gasteiger partial charge in [-0.1, -0.05) is 18.2 Å². The van der Waals surface area contributed by atoms with Crippen LogP contribution in [0.3, 0.4) is 0 Å². The number of benzene rings is 1. The van der Waals surface area contributed by atoms with Crippen molar-refractivity contribution >= 4 is 0 Å². The lowest BCUT2D eigenvalue weighted by Crippen LogP contribution is -2.15. The molecule has 0 radical (unpaired) electrons. The van der Waals surface area contributed by atoms with Gasteiger partial charge in [0.05, 0.1) is 0 Å². The van der Waals surface area contributed by atoms with E-state index in [4.69, 9.17) is 0 Å². The molecule has 1 unspecified atom stereocenters. The Bertz CT molecular complexity index is 302. The lowest BCUT2D eigenvalue weighted by molar-refractivity contribution is 0.622. The second-order valence-electron chi connectivity index (χ2n) is 3.26. The maximum absolute atomic E-state index is 12.6. The number of rotatable bonds is 1. The summed E-state index contributed by atoms with van der Waals surface area (Å²) in [6.07, 6.45) is 5.18. The molecule has 0 aliphatic carbocycles. The topological polar surface area (TPSA) is 12.0 Å². The second kappa shape index (κ2) is 3.60. The summed E-state index contributed by atoms with van der Waals surface area (Å²) in [5.41, 5.74) is 1.19. The average Bonchev–Trinajstić information content (AvgIpc) is 2.20. The fourth-order valence-corrected chi connectivity index (χ4v) is 1.59. The summed E-state index contributed by atoms with van der Waals surface area (Å²) in [4.78, 5) is 0. The average molecular weight is 177 g/mol. The van der Waals surface area contributed by atoms with Crippen molar-refractivity contribution in [2.24, 2.45) is 0 Å². The van der Waals surface area contributed by atoms with Crippen molar-refractivity contribution in [2.75, 3.05) is 6.54 Å². The molecule has 0 bridgehead atoms. The van der Waals surface area contributed by atoms with Gasteiger partial charge in [-0.2, -0.15) is 0 Å². The third-order valence-electron chi connectivity index (χ3n) is 2.34. The summed E-state index contributed by atoms with van der Waals surface area (Å²) >= 11 is 0. The van der Waals surface area contributed by atoms with Crippen molar-refractivity contribution in [3.05, 3.63) is 47.9 Å². The Kier molecular flexibility index (Phi) is 2.30. The molecule has 2 heteroatoms. The number of nitrogens with one attached hydrogen (secondary N) is 1. The quantitative estimate of drug-likeness (QED) is 0.694. The summed E-state index contributed by atoms with van der Waals surface area (Å²) < 4.78 is 12.6. The third-order valence-corrected chi connectivity index (χ3v) is 2.34. The van der Waals surface area contributed by atoms with Crippen LogP contribution < -0.4 is 5.32 Å². The van der Waals surface area contributed by atoms with Gasteiger partial charge in [-0.3, -0.25) is 0 Å². The molecule has 1 aromatic rings. The highest BCUT2D eigenvalue weighted by atomic mass is 19.1. The molecule has 0 aromatic heterocycles. The smallest absolute Gasteiger partial charge is 0.123 e. The Morgan fingerprint density at radius 3 is 2.62 bits per heavy atom. The fourth-order valence-electron chi connectivity index (χ4n) is 1.59. The molecular formula is C11H12FN. The van der Waals surface area contributed by atoms with Crippen LogP contribution in [0.1, 0.15) is 17.9 Å². The largest absolute Gasteiger partial charge is 0.391 e. The number of halogens is 1. The summed E-state index contributed by atoms with van der Waals surface area (Å²) in [5.74, 6) is 0.281. The van der Waals surface area contributed by atoms with Crippen molar-refractivity contribution < 1.29 is 4.39 Å². The molecule has 1 aromatic carbocycles. The van der Waals surface area contributed by atoms with Crippen LogP contribution in [0.5, 0.6) is 0 Å². The summed E-state index contributed by atoms with van der Waals surface area (Å²) in [6, 6.07) is 6.75. The SMILES string of the molecule is Fc1ccc(C2C=CNCC2)cc1. The Morgan fingerprint density at radius 2 is 2.00 bits per heavy atom. The van der Waals surface area contributed by atoms with Crippen LogP contribution in [0.2, 0.25) is 0 Å². The molecule has 0 fully saturated rings. The van der Waals surface area contributed by atoms with E-state index in [9.17, 15) is 4.39 Å². The van der Waals surface area contributed by atoms with E-state index in [0.717, 1.165) is 13.0 Å². The molecule has 1 nitrogen and oxygen atoms in total. The van der Waals surface area contributed by atoms with Gasteiger partial charge in [0.25, 0.3) is 0 Å². The van der Waals surface area contributed by atoms with Crippen LogP contribution in [-0.4, -0.2) is 6.54 Å². The third kappa shape index (κ3) is 1.89. The first kappa shape index (κ1) is 8.30. The second-order valence-corrected chi connectivity index (χ2v) is 3.26. The maximum atomic E-state index is 12.6. The molecule has 0 saturated heterocycles.